The van der Waals surface area contributed by atoms with Gasteiger partial charge in [-0.25, -0.2) is 0 Å². The Hall–Kier alpha value is -7.80. The van der Waals surface area contributed by atoms with Crippen molar-refractivity contribution in [3.05, 3.63) is 204 Å². The van der Waals surface area contributed by atoms with E-state index in [4.69, 9.17) is 4.74 Å². The lowest BCUT2D eigenvalue weighted by Crippen LogP contribution is -2.59. The van der Waals surface area contributed by atoms with Crippen LogP contribution in [-0.2, 0) is 21.7 Å². The van der Waals surface area contributed by atoms with Gasteiger partial charge in [0, 0.05) is 64.6 Å². The van der Waals surface area contributed by atoms with E-state index in [-0.39, 0.29) is 28.4 Å². The highest BCUT2D eigenvalue weighted by atomic mass is 32.1. The maximum atomic E-state index is 7.53. The molecule has 0 unspecified atom stereocenters. The second-order valence-corrected chi connectivity index (χ2v) is 26.8. The van der Waals surface area contributed by atoms with Crippen molar-refractivity contribution in [2.24, 2.45) is 0 Å². The van der Waals surface area contributed by atoms with Gasteiger partial charge in [0.1, 0.15) is 11.5 Å². The molecule has 0 radical (unpaired) electrons. The molecule has 0 spiro atoms. The summed E-state index contributed by atoms with van der Waals surface area (Å²) in [5.74, 6) is 1.96. The molecule has 9 aromatic carbocycles. The van der Waals surface area contributed by atoms with Gasteiger partial charge in [-0.05, 0) is 145 Å². The standard InChI is InChI=1S/C71H62BN3OS/c1-68(2,3)41-29-32-45(33-30-41)74-58-36-43(70(7,8)9)37-60-64(58)72(67-66(76-60)51-35-42(69(4,5)6)31-34-61(51)77-67)65-59(74)40-57(63-62(65)48-25-15-18-26-52(48)71(63,10)11)75-54-28-20-17-24-47(54)50-38-55-49(39-56(50)75)46-23-16-19-27-53(46)73(55)44-21-13-12-14-22-44/h12-40H,1-11H3. The number of nitrogens with zero attached hydrogens (tertiary/aromatic N) is 3. The number of hydrogen-bond acceptors (Lipinski definition) is 3. The van der Waals surface area contributed by atoms with E-state index in [0.29, 0.717) is 0 Å². The van der Waals surface area contributed by atoms with Crippen LogP contribution in [0, 0.1) is 0 Å². The number of ether oxygens (including phenoxy) is 1. The van der Waals surface area contributed by atoms with Gasteiger partial charge < -0.3 is 18.8 Å². The van der Waals surface area contributed by atoms with Gasteiger partial charge in [-0.2, -0.15) is 0 Å². The van der Waals surface area contributed by atoms with Crippen LogP contribution in [-0.4, -0.2) is 15.8 Å². The molecular formula is C71H62BN3OS. The molecule has 2 aliphatic heterocycles. The van der Waals surface area contributed by atoms with E-state index in [1.54, 1.807) is 0 Å². The maximum absolute atomic E-state index is 7.53. The summed E-state index contributed by atoms with van der Waals surface area (Å²) in [5.41, 5.74) is 22.0. The second-order valence-electron chi connectivity index (χ2n) is 25.8. The van der Waals surface area contributed by atoms with Gasteiger partial charge in [-0.15, -0.1) is 11.3 Å². The second kappa shape index (κ2) is 15.7. The van der Waals surface area contributed by atoms with Crippen LogP contribution in [0.4, 0.5) is 17.1 Å². The molecule has 0 atom stereocenters. The van der Waals surface area contributed by atoms with E-state index in [1.807, 2.05) is 11.3 Å². The van der Waals surface area contributed by atoms with Crippen molar-refractivity contribution in [3.8, 4) is 34.0 Å². The van der Waals surface area contributed by atoms with Crippen LogP contribution >= 0.6 is 11.3 Å². The topological polar surface area (TPSA) is 22.3 Å². The lowest BCUT2D eigenvalue weighted by Gasteiger charge is -2.42. The van der Waals surface area contributed by atoms with Crippen molar-refractivity contribution in [1.29, 1.82) is 0 Å². The molecular weight excluding hydrogens is 954 g/mol. The van der Waals surface area contributed by atoms with Crippen LogP contribution in [0.5, 0.6) is 11.5 Å². The Balaban J connectivity index is 1.12. The number of benzene rings is 9. The van der Waals surface area contributed by atoms with Gasteiger partial charge in [0.25, 0.3) is 6.71 Å². The van der Waals surface area contributed by atoms with E-state index in [0.717, 1.165) is 22.9 Å². The number of fused-ring (bicyclic) bond motifs is 16. The van der Waals surface area contributed by atoms with Crippen LogP contribution in [0.3, 0.4) is 0 Å². The predicted molar refractivity (Wildman–Crippen MR) is 330 cm³/mol. The third-order valence-corrected chi connectivity index (χ3v) is 18.8. The Labute approximate surface area is 456 Å². The first-order valence-electron chi connectivity index (χ1n) is 27.5. The molecule has 3 aliphatic rings. The number of para-hydroxylation sites is 3. The monoisotopic (exact) mass is 1020 g/mol. The quantitative estimate of drug-likeness (QED) is 0.165. The number of aromatic nitrogens is 2. The highest BCUT2D eigenvalue weighted by Gasteiger charge is 2.50. The van der Waals surface area contributed by atoms with Crippen LogP contribution in [0.15, 0.2) is 176 Å². The molecule has 4 nitrogen and oxygen atoms in total. The summed E-state index contributed by atoms with van der Waals surface area (Å²) in [5, 5.41) is 6.16. The predicted octanol–water partition coefficient (Wildman–Crippen LogP) is 17.7. The summed E-state index contributed by atoms with van der Waals surface area (Å²) < 4.78 is 15.2. The maximum Gasteiger partial charge on any atom is 0.269 e. The lowest BCUT2D eigenvalue weighted by molar-refractivity contribution is 0.490. The van der Waals surface area contributed by atoms with Crippen LogP contribution in [0.25, 0.3) is 76.2 Å². The largest absolute Gasteiger partial charge is 0.457 e. The van der Waals surface area contributed by atoms with E-state index < -0.39 is 0 Å². The summed E-state index contributed by atoms with van der Waals surface area (Å²) in [7, 11) is 0. The summed E-state index contributed by atoms with van der Waals surface area (Å²) in [6.45, 7) is 25.7. The van der Waals surface area contributed by atoms with Crippen molar-refractivity contribution >= 4 is 105 Å². The molecule has 6 heteroatoms. The van der Waals surface area contributed by atoms with Crippen molar-refractivity contribution < 1.29 is 4.74 Å². The molecule has 0 N–H and O–H groups in total. The van der Waals surface area contributed by atoms with Crippen LogP contribution in [0.1, 0.15) is 104 Å². The minimum Gasteiger partial charge on any atom is -0.457 e. The Bertz CT molecular complexity index is 4510. The fourth-order valence-corrected chi connectivity index (χ4v) is 14.9. The third kappa shape index (κ3) is 6.52. The molecule has 0 fully saturated rings. The Kier molecular flexibility index (Phi) is 9.46. The van der Waals surface area contributed by atoms with Crippen molar-refractivity contribution in [3.63, 3.8) is 0 Å². The Morgan fingerprint density at radius 1 is 0.455 bits per heavy atom. The highest BCUT2D eigenvalue weighted by Crippen LogP contribution is 2.56. The molecule has 15 rings (SSSR count). The first-order chi connectivity index (χ1) is 36.9. The zero-order valence-electron chi connectivity index (χ0n) is 46.0. The first kappa shape index (κ1) is 46.5. The zero-order chi connectivity index (χ0) is 52.8. The molecule has 0 bridgehead atoms. The molecule has 0 saturated carbocycles. The molecule has 77 heavy (non-hydrogen) atoms. The third-order valence-electron chi connectivity index (χ3n) is 17.6. The average Bonchev–Trinajstić information content (AvgIpc) is 4.34. The lowest BCUT2D eigenvalue weighted by atomic mass is 9.35. The minimum atomic E-state index is -0.365. The molecule has 3 aromatic heterocycles. The number of anilines is 3. The van der Waals surface area contributed by atoms with Gasteiger partial charge >= 0.3 is 0 Å². The summed E-state index contributed by atoms with van der Waals surface area (Å²) in [6, 6.07) is 67.2. The van der Waals surface area contributed by atoms with Crippen molar-refractivity contribution in [1.82, 2.24) is 9.13 Å². The fraction of sp³-hybridized carbons (Fsp3) is 0.211. The Morgan fingerprint density at radius 2 is 1.04 bits per heavy atom. The fourth-order valence-electron chi connectivity index (χ4n) is 13.7. The molecule has 5 heterocycles. The minimum absolute atomic E-state index is 0.00828. The van der Waals surface area contributed by atoms with E-state index >= 15 is 0 Å². The van der Waals surface area contributed by atoms with E-state index in [9.17, 15) is 0 Å². The highest BCUT2D eigenvalue weighted by molar-refractivity contribution is 7.33. The normalized spacial score (nSPS) is 14.6. The van der Waals surface area contributed by atoms with Crippen molar-refractivity contribution in [2.75, 3.05) is 4.90 Å². The smallest absolute Gasteiger partial charge is 0.269 e. The van der Waals surface area contributed by atoms with Gasteiger partial charge in [-0.3, -0.25) is 0 Å². The summed E-state index contributed by atoms with van der Waals surface area (Å²) >= 11 is 1.92. The van der Waals surface area contributed by atoms with Gasteiger partial charge in [0.2, 0.25) is 0 Å². The molecule has 376 valence electrons. The van der Waals surface area contributed by atoms with Gasteiger partial charge in [0.15, 0.2) is 0 Å². The average molecular weight is 1020 g/mol. The van der Waals surface area contributed by atoms with E-state index in [2.05, 4.69) is 266 Å². The van der Waals surface area contributed by atoms with E-state index in [1.165, 1.54) is 125 Å². The SMILES string of the molecule is CC(C)(C)c1ccc(N2c3cc(C(C)(C)C)cc4c3B(c3sc5ccc(C(C)(C)C)cc5c3O4)c3c2cc(-n2c4ccccc4c4cc5c(cc42)c2ccccc2n5-c2ccccc2)c2c3-c3ccccc3C2(C)C)cc1. The van der Waals surface area contributed by atoms with Gasteiger partial charge in [-0.1, -0.05) is 173 Å². The molecule has 1 aliphatic carbocycles. The number of rotatable bonds is 3. The molecule has 0 saturated heterocycles. The van der Waals surface area contributed by atoms with Gasteiger partial charge in [0.05, 0.1) is 27.8 Å². The molecule has 0 amide bonds. The number of thiophene rings is 1. The van der Waals surface area contributed by atoms with Crippen molar-refractivity contribution in [2.45, 2.75) is 97.8 Å². The Morgan fingerprint density at radius 3 is 1.71 bits per heavy atom. The van der Waals surface area contributed by atoms with Crippen LogP contribution in [0.2, 0.25) is 0 Å². The molecule has 12 aromatic rings. The number of hydrogen-bond donors (Lipinski definition) is 0. The zero-order valence-corrected chi connectivity index (χ0v) is 46.8. The first-order valence-corrected chi connectivity index (χ1v) is 28.4. The summed E-state index contributed by atoms with van der Waals surface area (Å²) in [4.78, 5) is 2.61. The van der Waals surface area contributed by atoms with Crippen LogP contribution < -0.4 is 25.3 Å². The summed E-state index contributed by atoms with van der Waals surface area (Å²) in [6.07, 6.45) is 0.